The number of pyridine rings is 1. The van der Waals surface area contributed by atoms with E-state index in [0.717, 1.165) is 91.6 Å². The zero-order chi connectivity index (χ0) is 44.7. The van der Waals surface area contributed by atoms with Crippen molar-refractivity contribution in [3.8, 4) is 16.9 Å². The highest BCUT2D eigenvalue weighted by Gasteiger charge is 2.40. The number of nitrogens with one attached hydrogen (secondary N) is 5. The number of para-hydroxylation sites is 1. The molecule has 0 unspecified atom stereocenters. The van der Waals surface area contributed by atoms with Crippen LogP contribution >= 0.6 is 0 Å². The number of amides is 3. The Labute approximate surface area is 373 Å². The van der Waals surface area contributed by atoms with Gasteiger partial charge in [-0.3, -0.25) is 10.1 Å². The van der Waals surface area contributed by atoms with Gasteiger partial charge in [-0.2, -0.15) is 0 Å². The molecule has 1 atom stereocenters. The zero-order valence-corrected chi connectivity index (χ0v) is 38.6. The number of ether oxygens (including phenoxy) is 2. The molecule has 1 aromatic heterocycles. The van der Waals surface area contributed by atoms with Gasteiger partial charge < -0.3 is 39.7 Å². The average Bonchev–Trinajstić information content (AvgIpc) is 3.27. The number of rotatable bonds is 20. The highest BCUT2D eigenvalue weighted by molar-refractivity contribution is 6.74. The van der Waals surface area contributed by atoms with Crippen molar-refractivity contribution >= 4 is 37.0 Å². The number of aromatic nitrogens is 1. The number of piperidine rings is 1. The Kier molecular flexibility index (Phi) is 17.0. The standard InChI is InChI=1S/C50H66N6O6Si/c1-50(2,3)63(4,5)62-45(41-23-25-44(47-42(41)24-26-46(57)55-47)60-36-37-17-9-6-10-18-37)35-51-29-15-8-16-30-52-48(58)53-31-34-56-32-27-39(28-33-56)61-49(59)54-43-22-14-13-21-40(43)38-19-11-7-12-20-38/h6-7,9-14,17-26,39,45,51H,8,15-16,27-36H2,1-5H3,(H,54,59)(H,55,57)(H2,52,53,58)/t45-/m0/s1. The number of urea groups is 1. The first-order chi connectivity index (χ1) is 30.4. The maximum atomic E-state index is 12.8. The van der Waals surface area contributed by atoms with Crippen molar-refractivity contribution in [2.75, 3.05) is 51.1 Å². The van der Waals surface area contributed by atoms with Crippen molar-refractivity contribution in [3.05, 3.63) is 131 Å². The number of hydrogen-bond donors (Lipinski definition) is 5. The van der Waals surface area contributed by atoms with Crippen LogP contribution in [0.5, 0.6) is 5.75 Å². The van der Waals surface area contributed by atoms with Gasteiger partial charge in [0.25, 0.3) is 0 Å². The number of fused-ring (bicyclic) bond motifs is 1. The number of likely N-dealkylation sites (tertiary alicyclic amines) is 1. The van der Waals surface area contributed by atoms with Gasteiger partial charge in [0.1, 0.15) is 18.5 Å². The van der Waals surface area contributed by atoms with Gasteiger partial charge in [0.05, 0.1) is 17.3 Å². The highest BCUT2D eigenvalue weighted by Crippen LogP contribution is 2.41. The molecule has 13 heteroatoms. The summed E-state index contributed by atoms with van der Waals surface area (Å²) < 4.78 is 19.1. The van der Waals surface area contributed by atoms with Crippen LogP contribution in [0.4, 0.5) is 15.3 Å². The van der Waals surface area contributed by atoms with Gasteiger partial charge >= 0.3 is 12.1 Å². The minimum atomic E-state index is -2.18. The van der Waals surface area contributed by atoms with Crippen molar-refractivity contribution in [1.82, 2.24) is 25.8 Å². The van der Waals surface area contributed by atoms with Gasteiger partial charge in [0.15, 0.2) is 8.32 Å². The van der Waals surface area contributed by atoms with E-state index in [1.807, 2.05) is 97.1 Å². The van der Waals surface area contributed by atoms with Crippen LogP contribution in [0.2, 0.25) is 18.1 Å². The molecular weight excluding hydrogens is 809 g/mol. The molecule has 12 nitrogen and oxygen atoms in total. The van der Waals surface area contributed by atoms with Crippen LogP contribution < -0.4 is 31.6 Å². The summed E-state index contributed by atoms with van der Waals surface area (Å²) in [4.78, 5) is 43.2. The fourth-order valence-electron chi connectivity index (χ4n) is 7.51. The average molecular weight is 875 g/mol. The molecule has 5 aromatic rings. The third-order valence-electron chi connectivity index (χ3n) is 12.1. The fourth-order valence-corrected chi connectivity index (χ4v) is 8.79. The second-order valence-corrected chi connectivity index (χ2v) is 22.6. The molecule has 0 spiro atoms. The Balaban J connectivity index is 0.877. The van der Waals surface area contributed by atoms with Crippen LogP contribution in [0, 0.1) is 0 Å². The summed E-state index contributed by atoms with van der Waals surface area (Å²) in [6.07, 6.45) is 3.47. The number of carbonyl (C=O) groups is 2. The Morgan fingerprint density at radius 1 is 0.810 bits per heavy atom. The molecule has 0 saturated carbocycles. The zero-order valence-electron chi connectivity index (χ0n) is 37.6. The van der Waals surface area contributed by atoms with E-state index < -0.39 is 14.4 Å². The molecule has 0 aliphatic carbocycles. The maximum absolute atomic E-state index is 12.8. The molecule has 6 rings (SSSR count). The van der Waals surface area contributed by atoms with Crippen LogP contribution in [0.3, 0.4) is 0 Å². The third kappa shape index (κ3) is 14.0. The molecule has 0 radical (unpaired) electrons. The van der Waals surface area contributed by atoms with Crippen molar-refractivity contribution in [3.63, 3.8) is 0 Å². The summed E-state index contributed by atoms with van der Waals surface area (Å²) in [5, 5.41) is 13.5. The van der Waals surface area contributed by atoms with Crippen LogP contribution in [0.15, 0.2) is 114 Å². The number of unbranched alkanes of at least 4 members (excludes halogenated alkanes) is 2. The Morgan fingerprint density at radius 3 is 2.24 bits per heavy atom. The molecule has 1 fully saturated rings. The largest absolute Gasteiger partial charge is 0.487 e. The number of carbonyl (C=O) groups excluding carboxylic acids is 2. The Morgan fingerprint density at radius 2 is 1.49 bits per heavy atom. The first kappa shape index (κ1) is 47.0. The monoisotopic (exact) mass is 874 g/mol. The molecule has 1 aliphatic rings. The summed E-state index contributed by atoms with van der Waals surface area (Å²) in [5.41, 5.74) is 5.26. The minimum absolute atomic E-state index is 0.0125. The molecule has 1 aliphatic heterocycles. The number of hydrogen-bond acceptors (Lipinski definition) is 8. The van der Waals surface area contributed by atoms with E-state index in [-0.39, 0.29) is 28.8 Å². The van der Waals surface area contributed by atoms with E-state index in [0.29, 0.717) is 37.5 Å². The smallest absolute Gasteiger partial charge is 0.411 e. The first-order valence-electron chi connectivity index (χ1n) is 22.4. The van der Waals surface area contributed by atoms with Gasteiger partial charge in [-0.15, -0.1) is 0 Å². The van der Waals surface area contributed by atoms with Gasteiger partial charge in [0.2, 0.25) is 5.56 Å². The number of benzene rings is 4. The summed E-state index contributed by atoms with van der Waals surface area (Å²) in [6, 6.07) is 35.0. The summed E-state index contributed by atoms with van der Waals surface area (Å²) >= 11 is 0. The normalized spacial score (nSPS) is 14.2. The predicted molar refractivity (Wildman–Crippen MR) is 256 cm³/mol. The van der Waals surface area contributed by atoms with Crippen molar-refractivity contribution in [2.24, 2.45) is 0 Å². The predicted octanol–water partition coefficient (Wildman–Crippen LogP) is 9.61. The first-order valence-corrected chi connectivity index (χ1v) is 25.3. The maximum Gasteiger partial charge on any atom is 0.411 e. The van der Waals surface area contributed by atoms with Crippen LogP contribution in [-0.2, 0) is 15.8 Å². The van der Waals surface area contributed by atoms with Gasteiger partial charge in [-0.05, 0) is 85.2 Å². The van der Waals surface area contributed by atoms with Crippen molar-refractivity contribution < 1.29 is 23.5 Å². The lowest BCUT2D eigenvalue weighted by Crippen LogP contribution is -2.44. The number of nitrogens with zero attached hydrogens (tertiary/aromatic N) is 1. The van der Waals surface area contributed by atoms with Crippen molar-refractivity contribution in [1.29, 1.82) is 0 Å². The lowest BCUT2D eigenvalue weighted by molar-refractivity contribution is 0.0594. The van der Waals surface area contributed by atoms with E-state index in [4.69, 9.17) is 13.9 Å². The lowest BCUT2D eigenvalue weighted by Gasteiger charge is -2.39. The molecule has 3 amide bonds. The number of H-pyrrole nitrogens is 1. The highest BCUT2D eigenvalue weighted by atomic mass is 28.4. The molecule has 4 aromatic carbocycles. The van der Waals surface area contributed by atoms with Gasteiger partial charge in [0, 0.05) is 56.3 Å². The van der Waals surface area contributed by atoms with Gasteiger partial charge in [-0.25, -0.2) is 9.59 Å². The summed E-state index contributed by atoms with van der Waals surface area (Å²) in [7, 11) is -2.18. The molecule has 1 saturated heterocycles. The summed E-state index contributed by atoms with van der Waals surface area (Å²) in [6.45, 7) is 16.6. The minimum Gasteiger partial charge on any atom is -0.487 e. The summed E-state index contributed by atoms with van der Waals surface area (Å²) in [5.74, 6) is 0.629. The van der Waals surface area contributed by atoms with Crippen LogP contribution in [-0.4, -0.2) is 82.2 Å². The SMILES string of the molecule is CC(C)(C)[Si](C)(C)O[C@@H](CNCCCCCNC(=O)NCCN1CCC(OC(=O)Nc2ccccc2-c2ccccc2)CC1)c1ccc(OCc2ccccc2)c2[nH]c(=O)ccc12. The number of anilines is 1. The molecule has 63 heavy (non-hydrogen) atoms. The quantitative estimate of drug-likeness (QED) is 0.0384. The molecule has 0 bridgehead atoms. The van der Waals surface area contributed by atoms with Crippen LogP contribution in [0.25, 0.3) is 22.0 Å². The van der Waals surface area contributed by atoms with E-state index >= 15 is 0 Å². The fraction of sp³-hybridized carbons (Fsp3) is 0.420. The third-order valence-corrected chi connectivity index (χ3v) is 16.6. The molecule has 5 N–H and O–H groups in total. The second-order valence-electron chi connectivity index (χ2n) is 17.8. The lowest BCUT2D eigenvalue weighted by atomic mass is 10.0. The molecular formula is C50H66N6O6Si. The Bertz CT molecular complexity index is 2270. The van der Waals surface area contributed by atoms with E-state index in [1.54, 1.807) is 6.07 Å². The Hall–Kier alpha value is -5.47. The topological polar surface area (TPSA) is 146 Å². The van der Waals surface area contributed by atoms with E-state index in [2.05, 4.69) is 71.1 Å². The van der Waals surface area contributed by atoms with Crippen LogP contribution in [0.1, 0.15) is 70.1 Å². The van der Waals surface area contributed by atoms with E-state index in [9.17, 15) is 14.4 Å². The second kappa shape index (κ2) is 22.7. The van der Waals surface area contributed by atoms with Crippen molar-refractivity contribution in [2.45, 2.75) is 89.8 Å². The number of aromatic amines is 1. The van der Waals surface area contributed by atoms with E-state index in [1.165, 1.54) is 0 Å². The van der Waals surface area contributed by atoms with Gasteiger partial charge in [-0.1, -0.05) is 112 Å². The molecule has 2 heterocycles. The molecule has 336 valence electrons.